The molecule has 13 rings (SSSR count). The number of fused-ring (bicyclic) bond motifs is 3. The summed E-state index contributed by atoms with van der Waals surface area (Å²) < 4.78 is 66.8. The van der Waals surface area contributed by atoms with E-state index in [9.17, 15) is 23.3 Å². The second kappa shape index (κ2) is 24.7. The lowest BCUT2D eigenvalue weighted by Gasteiger charge is -2.62. The zero-order valence-electron chi connectivity index (χ0n) is 49.9. The molecule has 87 heavy (non-hydrogen) atoms. The molecule has 3 N–H and O–H groups in total. The zero-order valence-corrected chi connectivity index (χ0v) is 50.7. The average molecular weight is 1210 g/mol. The van der Waals surface area contributed by atoms with Crippen molar-refractivity contribution in [1.82, 2.24) is 34.5 Å². The van der Waals surface area contributed by atoms with E-state index in [-0.39, 0.29) is 47.4 Å². The van der Waals surface area contributed by atoms with E-state index >= 15 is 0 Å². The van der Waals surface area contributed by atoms with E-state index < -0.39 is 37.7 Å². The average Bonchev–Trinajstić information content (AvgIpc) is 1.07. The molecule has 1 spiro atoms. The number of carbonyl (C=O) groups excluding carboxylic acids is 1. The Kier molecular flexibility index (Phi) is 16.6. The fourth-order valence-corrected chi connectivity index (χ4v) is 15.3. The molecular formula is C63H78N12O11S. The lowest BCUT2D eigenvalue weighted by molar-refractivity contribution is -0.384. The first kappa shape index (κ1) is 58.7. The van der Waals surface area contributed by atoms with Gasteiger partial charge in [-0.1, -0.05) is 25.1 Å². The molecule has 23 nitrogen and oxygen atoms in total. The molecular weight excluding hydrogens is 1130 g/mol. The Morgan fingerprint density at radius 1 is 0.874 bits per heavy atom. The molecule has 462 valence electrons. The second-order valence-corrected chi connectivity index (χ2v) is 26.3. The predicted molar refractivity (Wildman–Crippen MR) is 328 cm³/mol. The molecule has 6 aliphatic heterocycles. The van der Waals surface area contributed by atoms with Crippen molar-refractivity contribution in [2.45, 2.75) is 101 Å². The highest BCUT2D eigenvalue weighted by atomic mass is 32.2. The molecule has 6 aromatic rings. The minimum atomic E-state index is -4.75. The fourth-order valence-electron chi connectivity index (χ4n) is 14.4. The number of hydrogen-bond donors (Lipinski definition) is 3. The number of benzene rings is 2. The monoisotopic (exact) mass is 1210 g/mol. The summed E-state index contributed by atoms with van der Waals surface area (Å²) in [6.45, 7) is 16.8. The Balaban J connectivity index is 0.758. The summed E-state index contributed by atoms with van der Waals surface area (Å²) in [5.41, 5.74) is 4.74. The topological polar surface area (TPSA) is 244 Å². The minimum Gasteiger partial charge on any atom is -0.493 e. The number of aromatic amines is 1. The van der Waals surface area contributed by atoms with Gasteiger partial charge in [0.15, 0.2) is 16.6 Å². The number of pyridine rings is 3. The van der Waals surface area contributed by atoms with Crippen LogP contribution in [0.15, 0.2) is 90.3 Å². The van der Waals surface area contributed by atoms with Crippen molar-refractivity contribution in [2.75, 3.05) is 119 Å². The first-order chi connectivity index (χ1) is 42.2. The first-order valence-electron chi connectivity index (χ1n) is 30.8. The third-order valence-electron chi connectivity index (χ3n) is 19.3. The van der Waals surface area contributed by atoms with Crippen molar-refractivity contribution >= 4 is 61.2 Å². The Morgan fingerprint density at radius 3 is 2.45 bits per heavy atom. The predicted octanol–water partition coefficient (Wildman–Crippen LogP) is 8.09. The molecule has 0 radical (unpaired) electrons. The molecule has 24 heteroatoms. The van der Waals surface area contributed by atoms with E-state index in [4.69, 9.17) is 38.4 Å². The van der Waals surface area contributed by atoms with Gasteiger partial charge in [0.05, 0.1) is 73.6 Å². The molecule has 0 bridgehead atoms. The Morgan fingerprint density at radius 2 is 1.67 bits per heavy atom. The van der Waals surface area contributed by atoms with Crippen LogP contribution in [0, 0.1) is 27.4 Å². The van der Waals surface area contributed by atoms with E-state index in [2.05, 4.69) is 95.6 Å². The van der Waals surface area contributed by atoms with Gasteiger partial charge in [-0.3, -0.25) is 24.7 Å². The van der Waals surface area contributed by atoms with Gasteiger partial charge in [-0.05, 0) is 118 Å². The van der Waals surface area contributed by atoms with Crippen LogP contribution in [-0.4, -0.2) is 172 Å². The molecule has 10 heterocycles. The van der Waals surface area contributed by atoms with Gasteiger partial charge in [-0.25, -0.2) is 14.7 Å². The number of nitrogens with one attached hydrogen (secondary N) is 3. The van der Waals surface area contributed by atoms with Crippen LogP contribution < -0.4 is 38.9 Å². The van der Waals surface area contributed by atoms with E-state index in [0.29, 0.717) is 80.9 Å². The van der Waals surface area contributed by atoms with Crippen molar-refractivity contribution in [3.8, 4) is 17.4 Å². The molecule has 1 amide bonds. The highest BCUT2D eigenvalue weighted by molar-refractivity contribution is 7.90. The van der Waals surface area contributed by atoms with Crippen LogP contribution in [-0.2, 0) is 30.8 Å². The minimum absolute atomic E-state index is 0.0188. The van der Waals surface area contributed by atoms with Crippen LogP contribution in [0.5, 0.6) is 17.4 Å². The number of carbonyl (C=O) groups is 1. The number of piperidine rings is 1. The van der Waals surface area contributed by atoms with Crippen LogP contribution in [0.25, 0.3) is 11.0 Å². The molecule has 1 saturated carbocycles. The van der Waals surface area contributed by atoms with Gasteiger partial charge in [0.2, 0.25) is 5.88 Å². The number of hydrogen-bond acceptors (Lipinski definition) is 20. The van der Waals surface area contributed by atoms with Crippen molar-refractivity contribution in [1.29, 1.82) is 0 Å². The third-order valence-corrected chi connectivity index (χ3v) is 20.5. The maximum Gasteiger partial charge on any atom is 0.296 e. The lowest BCUT2D eigenvalue weighted by Crippen LogP contribution is -2.64. The zero-order chi connectivity index (χ0) is 60.0. The van der Waals surface area contributed by atoms with Gasteiger partial charge < -0.3 is 53.4 Å². The summed E-state index contributed by atoms with van der Waals surface area (Å²) in [7, 11) is -3.03. The summed E-state index contributed by atoms with van der Waals surface area (Å²) in [5, 5.41) is 15.7. The van der Waals surface area contributed by atoms with Gasteiger partial charge in [0.25, 0.3) is 21.6 Å². The number of nitrogens with zero attached hydrogens (tertiary/aromatic N) is 9. The second-order valence-electron chi connectivity index (χ2n) is 24.6. The molecule has 5 atom stereocenters. The number of anilines is 5. The number of methoxy groups -OCH3 is 1. The maximum atomic E-state index is 14.9. The molecule has 6 fully saturated rings. The fraction of sp³-hybridized carbons (Fsp3) is 0.524. The number of aromatic nitrogens is 4. The number of piperazine rings is 1. The quantitative estimate of drug-likeness (QED) is 0.0577. The number of para-hydroxylation sites is 1. The van der Waals surface area contributed by atoms with Gasteiger partial charge in [0, 0.05) is 114 Å². The van der Waals surface area contributed by atoms with Gasteiger partial charge in [-0.2, -0.15) is 13.4 Å². The number of sulfonamides is 1. The highest BCUT2D eigenvalue weighted by Gasteiger charge is 2.56. The standard InChI is InChI=1S/C63H78N12O11S/c1-40(2)85-55-8-6-5-7-46(55)54-38-70(37-43-29-56(81-4)60(67-35-43)72-22-27-83-28-23-72)20-21-73(54)53-33-63(41(53)3)15-18-71(19-16-63)45-9-10-47(50(31-45)74-49-14-26-84-39-57(49)86-62-52(74)30-44-11-17-64-59(44)68-62)61(76)69-87(79,80)58-32-51(75(77)78)48(36-66-58)65-34-42-12-24-82-25-13-42/h5-11,17,29-32,35-36,40-42,49,53-54,57,65H,12-16,18-28,33-34,37-39H2,1-4H3,(H,64,68)(H,69,76)/t41?,49-,53?,54+,57-/m0/s1. The lowest BCUT2D eigenvalue weighted by atomic mass is 9.53. The van der Waals surface area contributed by atoms with E-state index in [1.165, 1.54) is 5.56 Å². The van der Waals surface area contributed by atoms with Crippen molar-refractivity contribution < 1.29 is 46.6 Å². The molecule has 5 saturated heterocycles. The maximum absolute atomic E-state index is 14.9. The summed E-state index contributed by atoms with van der Waals surface area (Å²) >= 11 is 0. The molecule has 2 unspecified atom stereocenters. The number of ether oxygens (including phenoxy) is 6. The summed E-state index contributed by atoms with van der Waals surface area (Å²) in [6, 6.07) is 21.2. The molecule has 7 aliphatic rings. The summed E-state index contributed by atoms with van der Waals surface area (Å²) in [4.78, 5) is 55.8. The Bertz CT molecular complexity index is 3610. The van der Waals surface area contributed by atoms with E-state index in [1.54, 1.807) is 19.4 Å². The highest BCUT2D eigenvalue weighted by Crippen LogP contribution is 2.58. The van der Waals surface area contributed by atoms with Crippen LogP contribution in [0.3, 0.4) is 0 Å². The summed E-state index contributed by atoms with van der Waals surface area (Å²) in [5.74, 6) is 2.63. The van der Waals surface area contributed by atoms with Crippen LogP contribution in [0.2, 0.25) is 0 Å². The number of rotatable bonds is 17. The number of H-pyrrole nitrogens is 1. The van der Waals surface area contributed by atoms with Crippen LogP contribution >= 0.6 is 0 Å². The van der Waals surface area contributed by atoms with Crippen molar-refractivity contribution in [3.05, 3.63) is 112 Å². The normalized spacial score (nSPS) is 23.6. The van der Waals surface area contributed by atoms with Gasteiger partial charge in [0.1, 0.15) is 28.9 Å². The van der Waals surface area contributed by atoms with Crippen molar-refractivity contribution in [2.24, 2.45) is 17.3 Å². The largest absolute Gasteiger partial charge is 0.493 e. The smallest absolute Gasteiger partial charge is 0.296 e. The Hall–Kier alpha value is -7.35. The number of nitro groups is 1. The van der Waals surface area contributed by atoms with Crippen LogP contribution in [0.1, 0.15) is 86.8 Å². The van der Waals surface area contributed by atoms with Crippen molar-refractivity contribution in [3.63, 3.8) is 0 Å². The van der Waals surface area contributed by atoms with E-state index in [0.717, 1.165) is 131 Å². The Labute approximate surface area is 507 Å². The molecule has 1 aliphatic carbocycles. The van der Waals surface area contributed by atoms with E-state index in [1.807, 2.05) is 30.5 Å². The number of amides is 1. The summed E-state index contributed by atoms with van der Waals surface area (Å²) in [6.07, 6.45) is 9.65. The van der Waals surface area contributed by atoms with Gasteiger partial charge >= 0.3 is 0 Å². The number of morpholine rings is 1. The van der Waals surface area contributed by atoms with Gasteiger partial charge in [-0.15, -0.1) is 0 Å². The molecule has 4 aromatic heterocycles. The SMILES string of the molecule is COc1cc(CN2CCN(C3CC4(CCN(c5ccc(C(=O)NS(=O)(=O)c6cc([N+](=O)[O-])c(NCC7CCOCC7)cn6)c(N6c7cc8cc[nH]c8nc7O[C@H]7COCC[C@@H]76)c5)CC4)C3C)[C@@H](c3ccccc3OC(C)C)C2)cnc1N1CCOCC1. The third kappa shape index (κ3) is 11.8. The van der Waals surface area contributed by atoms with Crippen LogP contribution in [0.4, 0.5) is 34.3 Å². The first-order valence-corrected chi connectivity index (χ1v) is 32.2. The molecule has 2 aromatic carbocycles.